The van der Waals surface area contributed by atoms with Crippen LogP contribution >= 0.6 is 0 Å². The molecule has 5 nitrogen and oxygen atoms in total. The fourth-order valence-corrected chi connectivity index (χ4v) is 3.08. The molecule has 158 valence electrons. The Balaban J connectivity index is 1.45. The lowest BCUT2D eigenvalue weighted by atomic mass is 10.1. The first-order valence-corrected chi connectivity index (χ1v) is 10.2. The van der Waals surface area contributed by atoms with Gasteiger partial charge in [0.2, 0.25) is 5.78 Å². The molecule has 0 unspecified atom stereocenters. The van der Waals surface area contributed by atoms with Gasteiger partial charge < -0.3 is 14.8 Å². The quantitative estimate of drug-likeness (QED) is 0.352. The third-order valence-electron chi connectivity index (χ3n) is 4.65. The lowest BCUT2D eigenvalue weighted by Gasteiger charge is -2.13. The molecule has 0 aliphatic carbocycles. The molecular weight excluding hydrogens is 402 g/mol. The van der Waals surface area contributed by atoms with Crippen molar-refractivity contribution in [3.8, 4) is 23.0 Å². The Bertz CT molecular complexity index is 1110. The van der Waals surface area contributed by atoms with Crippen LogP contribution in [0.15, 0.2) is 109 Å². The van der Waals surface area contributed by atoms with Crippen LogP contribution in [0.4, 0.5) is 5.69 Å². The van der Waals surface area contributed by atoms with Crippen LogP contribution < -0.4 is 14.8 Å². The van der Waals surface area contributed by atoms with E-state index in [-0.39, 0.29) is 6.42 Å². The Hall–Kier alpha value is -4.38. The van der Waals surface area contributed by atoms with Gasteiger partial charge in [0, 0.05) is 12.0 Å². The number of anilines is 1. The Morgan fingerprint density at radius 1 is 0.594 bits per heavy atom. The number of hydrogen-bond acceptors (Lipinski definition) is 4. The van der Waals surface area contributed by atoms with Crippen LogP contribution in [0.5, 0.6) is 23.0 Å². The SMILES string of the molecule is O=C(Cc1ccccc1Oc1ccccc1)C(=O)Nc1ccccc1Oc1ccccc1. The Morgan fingerprint density at radius 2 is 1.09 bits per heavy atom. The number of para-hydroxylation sites is 5. The largest absolute Gasteiger partial charge is 0.457 e. The summed E-state index contributed by atoms with van der Waals surface area (Å²) in [7, 11) is 0. The number of Topliss-reactive ketones (excluding diaryl/α,β-unsaturated/α-hetero) is 1. The number of ether oxygens (including phenoxy) is 2. The average molecular weight is 423 g/mol. The molecule has 4 aromatic carbocycles. The second-order valence-electron chi connectivity index (χ2n) is 6.99. The van der Waals surface area contributed by atoms with E-state index in [2.05, 4.69) is 5.32 Å². The second kappa shape index (κ2) is 10.1. The normalized spacial score (nSPS) is 10.2. The van der Waals surface area contributed by atoms with Gasteiger partial charge in [-0.3, -0.25) is 9.59 Å². The van der Waals surface area contributed by atoms with Crippen LogP contribution in [-0.4, -0.2) is 11.7 Å². The molecule has 0 fully saturated rings. The monoisotopic (exact) mass is 423 g/mol. The number of benzene rings is 4. The molecule has 0 spiro atoms. The summed E-state index contributed by atoms with van der Waals surface area (Å²) in [5.74, 6) is 0.976. The van der Waals surface area contributed by atoms with Crippen LogP contribution in [0.25, 0.3) is 0 Å². The zero-order chi connectivity index (χ0) is 22.2. The van der Waals surface area contributed by atoms with Gasteiger partial charge >= 0.3 is 0 Å². The van der Waals surface area contributed by atoms with Crippen LogP contribution in [0.2, 0.25) is 0 Å². The molecule has 0 saturated heterocycles. The van der Waals surface area contributed by atoms with Crippen LogP contribution in [-0.2, 0) is 16.0 Å². The number of rotatable bonds is 8. The number of carbonyl (C=O) groups excluding carboxylic acids is 2. The summed E-state index contributed by atoms with van der Waals surface area (Å²) in [4.78, 5) is 25.3. The summed E-state index contributed by atoms with van der Waals surface area (Å²) >= 11 is 0. The smallest absolute Gasteiger partial charge is 0.292 e. The molecule has 1 N–H and O–H groups in total. The second-order valence-corrected chi connectivity index (χ2v) is 6.99. The van der Waals surface area contributed by atoms with Crippen molar-refractivity contribution in [1.82, 2.24) is 0 Å². The van der Waals surface area contributed by atoms with E-state index < -0.39 is 11.7 Å². The van der Waals surface area contributed by atoms with Crippen molar-refractivity contribution in [2.24, 2.45) is 0 Å². The first-order valence-electron chi connectivity index (χ1n) is 10.2. The lowest BCUT2D eigenvalue weighted by molar-refractivity contribution is -0.134. The highest BCUT2D eigenvalue weighted by Crippen LogP contribution is 2.29. The topological polar surface area (TPSA) is 64.6 Å². The minimum absolute atomic E-state index is 0.0868. The highest BCUT2D eigenvalue weighted by atomic mass is 16.5. The summed E-state index contributed by atoms with van der Waals surface area (Å²) in [6, 6.07) is 32.7. The van der Waals surface area contributed by atoms with Crippen LogP contribution in [0.3, 0.4) is 0 Å². The zero-order valence-corrected chi connectivity index (χ0v) is 17.2. The van der Waals surface area contributed by atoms with E-state index in [0.717, 1.165) is 0 Å². The molecule has 0 atom stereocenters. The van der Waals surface area contributed by atoms with Gasteiger partial charge in [-0.15, -0.1) is 0 Å². The standard InChI is InChI=1S/C27H21NO4/c29-24(19-20-11-7-9-17-25(20)31-21-12-3-1-4-13-21)27(30)28-23-16-8-10-18-26(23)32-22-14-5-2-6-15-22/h1-18H,19H2,(H,28,30). The molecule has 0 heterocycles. The first kappa shape index (κ1) is 20.9. The molecule has 4 aromatic rings. The maximum absolute atomic E-state index is 12.7. The fraction of sp³-hybridized carbons (Fsp3) is 0.0370. The molecular formula is C27H21NO4. The molecule has 5 heteroatoms. The number of nitrogens with one attached hydrogen (secondary N) is 1. The molecule has 0 bridgehead atoms. The van der Waals surface area contributed by atoms with Crippen molar-refractivity contribution in [2.45, 2.75) is 6.42 Å². The number of hydrogen-bond donors (Lipinski definition) is 1. The third-order valence-corrected chi connectivity index (χ3v) is 4.65. The van der Waals surface area contributed by atoms with E-state index >= 15 is 0 Å². The molecule has 0 aromatic heterocycles. The van der Waals surface area contributed by atoms with Crippen molar-refractivity contribution >= 4 is 17.4 Å². The van der Waals surface area contributed by atoms with Crippen molar-refractivity contribution in [3.05, 3.63) is 115 Å². The Morgan fingerprint density at radius 3 is 1.75 bits per heavy atom. The highest BCUT2D eigenvalue weighted by Gasteiger charge is 2.18. The van der Waals surface area contributed by atoms with Gasteiger partial charge in [0.25, 0.3) is 5.91 Å². The van der Waals surface area contributed by atoms with Crippen molar-refractivity contribution < 1.29 is 19.1 Å². The predicted molar refractivity (Wildman–Crippen MR) is 123 cm³/mol. The van der Waals surface area contributed by atoms with Crippen LogP contribution in [0.1, 0.15) is 5.56 Å². The number of carbonyl (C=O) groups is 2. The van der Waals surface area contributed by atoms with E-state index in [1.165, 1.54) is 0 Å². The third kappa shape index (κ3) is 5.40. The van der Waals surface area contributed by atoms with Crippen molar-refractivity contribution in [2.75, 3.05) is 5.32 Å². The maximum Gasteiger partial charge on any atom is 0.292 e. The van der Waals surface area contributed by atoms with Crippen molar-refractivity contribution in [1.29, 1.82) is 0 Å². The fourth-order valence-electron chi connectivity index (χ4n) is 3.08. The van der Waals surface area contributed by atoms with E-state index in [9.17, 15) is 9.59 Å². The summed E-state index contributed by atoms with van der Waals surface area (Å²) in [6.07, 6.45) is -0.0868. The molecule has 1 amide bonds. The van der Waals surface area contributed by atoms with Gasteiger partial charge in [0.05, 0.1) is 5.69 Å². The van der Waals surface area contributed by atoms with Gasteiger partial charge in [-0.2, -0.15) is 0 Å². The summed E-state index contributed by atoms with van der Waals surface area (Å²) in [6.45, 7) is 0. The zero-order valence-electron chi connectivity index (χ0n) is 17.2. The van der Waals surface area contributed by atoms with E-state index in [4.69, 9.17) is 9.47 Å². The van der Waals surface area contributed by atoms with Gasteiger partial charge in [-0.1, -0.05) is 66.7 Å². The molecule has 0 aliphatic heterocycles. The molecule has 32 heavy (non-hydrogen) atoms. The molecule has 4 rings (SSSR count). The number of amides is 1. The molecule has 0 radical (unpaired) electrons. The van der Waals surface area contributed by atoms with Gasteiger partial charge in [-0.25, -0.2) is 0 Å². The molecule has 0 saturated carbocycles. The highest BCUT2D eigenvalue weighted by molar-refractivity contribution is 6.41. The van der Waals surface area contributed by atoms with Crippen molar-refractivity contribution in [3.63, 3.8) is 0 Å². The Labute approximate surface area is 186 Å². The van der Waals surface area contributed by atoms with Gasteiger partial charge in [0.1, 0.15) is 17.2 Å². The van der Waals surface area contributed by atoms with E-state index in [1.807, 2.05) is 66.7 Å². The minimum Gasteiger partial charge on any atom is -0.457 e. The van der Waals surface area contributed by atoms with Gasteiger partial charge in [0.15, 0.2) is 5.75 Å². The van der Waals surface area contributed by atoms with E-state index in [1.54, 1.807) is 42.5 Å². The maximum atomic E-state index is 12.7. The average Bonchev–Trinajstić information content (AvgIpc) is 2.83. The predicted octanol–water partition coefficient (Wildman–Crippen LogP) is 6.02. The van der Waals surface area contributed by atoms with Crippen LogP contribution in [0, 0.1) is 0 Å². The summed E-state index contributed by atoms with van der Waals surface area (Å²) in [5.41, 5.74) is 1.05. The van der Waals surface area contributed by atoms with Gasteiger partial charge in [-0.05, 0) is 42.5 Å². The minimum atomic E-state index is -0.719. The molecule has 0 aliphatic rings. The lowest BCUT2D eigenvalue weighted by Crippen LogP contribution is -2.24. The Kier molecular flexibility index (Phi) is 6.58. The first-order chi connectivity index (χ1) is 15.7. The summed E-state index contributed by atoms with van der Waals surface area (Å²) < 4.78 is 11.7. The van der Waals surface area contributed by atoms with E-state index in [0.29, 0.717) is 34.2 Å². The summed E-state index contributed by atoms with van der Waals surface area (Å²) in [5, 5.41) is 2.67. The number of ketones is 1.